The molecule has 0 bridgehead atoms. The lowest BCUT2D eigenvalue weighted by Gasteiger charge is -2.13. The molecule has 2 heterocycles. The number of H-pyrrole nitrogens is 1. The lowest BCUT2D eigenvalue weighted by Crippen LogP contribution is -2.21. The van der Waals surface area contributed by atoms with Crippen LogP contribution in [0.3, 0.4) is 0 Å². The van der Waals surface area contributed by atoms with Crippen molar-refractivity contribution in [1.82, 2.24) is 9.55 Å². The number of aliphatic hydroxyl groups excluding tert-OH is 2. The Labute approximate surface area is 138 Å². The highest BCUT2D eigenvalue weighted by molar-refractivity contribution is 6.37. The molecule has 0 spiro atoms. The molecule has 3 aromatic rings. The summed E-state index contributed by atoms with van der Waals surface area (Å²) >= 11 is 6.33. The summed E-state index contributed by atoms with van der Waals surface area (Å²) in [4.78, 5) is 14.4. The van der Waals surface area contributed by atoms with E-state index in [1.54, 1.807) is 0 Å². The number of halogens is 1. The van der Waals surface area contributed by atoms with Crippen LogP contribution in [0.15, 0.2) is 23.0 Å². The number of aliphatic hydroxyl groups is 2. The quantitative estimate of drug-likeness (QED) is 0.685. The van der Waals surface area contributed by atoms with Crippen molar-refractivity contribution in [3.63, 3.8) is 0 Å². The first kappa shape index (κ1) is 16.1. The average molecular weight is 335 g/mol. The molecular formula is C17H19ClN2O3. The fraction of sp³-hybridized carbons (Fsp3) is 0.353. The molecule has 0 aliphatic rings. The van der Waals surface area contributed by atoms with E-state index in [1.165, 1.54) is 6.07 Å². The van der Waals surface area contributed by atoms with E-state index in [2.05, 4.69) is 11.9 Å². The molecule has 0 saturated heterocycles. The van der Waals surface area contributed by atoms with Gasteiger partial charge in [-0.3, -0.25) is 4.79 Å². The zero-order valence-electron chi connectivity index (χ0n) is 13.1. The number of nitrogens with zero attached hydrogens (tertiary/aromatic N) is 1. The number of fused-ring (bicyclic) bond motifs is 3. The normalized spacial score (nSPS) is 13.1. The van der Waals surface area contributed by atoms with Crippen LogP contribution in [0.25, 0.3) is 21.8 Å². The summed E-state index contributed by atoms with van der Waals surface area (Å²) in [5.41, 5.74) is 3.56. The van der Waals surface area contributed by atoms with Gasteiger partial charge in [-0.05, 0) is 31.0 Å². The van der Waals surface area contributed by atoms with Gasteiger partial charge in [0.15, 0.2) is 0 Å². The molecule has 0 fully saturated rings. The molecule has 122 valence electrons. The van der Waals surface area contributed by atoms with Crippen molar-refractivity contribution in [3.8, 4) is 0 Å². The van der Waals surface area contributed by atoms with E-state index >= 15 is 0 Å². The fourth-order valence-electron chi connectivity index (χ4n) is 3.33. The van der Waals surface area contributed by atoms with Crippen LogP contribution in [-0.2, 0) is 13.0 Å². The van der Waals surface area contributed by atoms with Crippen molar-refractivity contribution < 1.29 is 10.2 Å². The Kier molecular flexibility index (Phi) is 4.19. The van der Waals surface area contributed by atoms with Crippen molar-refractivity contribution in [2.24, 2.45) is 0 Å². The van der Waals surface area contributed by atoms with Gasteiger partial charge < -0.3 is 19.8 Å². The summed E-state index contributed by atoms with van der Waals surface area (Å²) in [6, 6.07) is 5.13. The van der Waals surface area contributed by atoms with Crippen LogP contribution in [0.5, 0.6) is 0 Å². The van der Waals surface area contributed by atoms with Crippen LogP contribution < -0.4 is 5.56 Å². The van der Waals surface area contributed by atoms with Gasteiger partial charge in [-0.1, -0.05) is 18.5 Å². The largest absolute Gasteiger partial charge is 0.394 e. The Morgan fingerprint density at radius 3 is 2.74 bits per heavy atom. The van der Waals surface area contributed by atoms with Crippen molar-refractivity contribution in [3.05, 3.63) is 44.8 Å². The Balaban J connectivity index is 2.42. The predicted molar refractivity (Wildman–Crippen MR) is 92.3 cm³/mol. The molecule has 23 heavy (non-hydrogen) atoms. The molecular weight excluding hydrogens is 316 g/mol. The topological polar surface area (TPSA) is 78.2 Å². The first-order chi connectivity index (χ1) is 11.0. The van der Waals surface area contributed by atoms with E-state index in [1.807, 2.05) is 23.6 Å². The third-order valence-electron chi connectivity index (χ3n) is 4.30. The molecule has 0 aliphatic carbocycles. The van der Waals surface area contributed by atoms with Gasteiger partial charge >= 0.3 is 0 Å². The van der Waals surface area contributed by atoms with E-state index in [-0.39, 0.29) is 12.2 Å². The molecule has 0 aliphatic heterocycles. The lowest BCUT2D eigenvalue weighted by atomic mass is 10.1. The second kappa shape index (κ2) is 6.00. The summed E-state index contributed by atoms with van der Waals surface area (Å²) in [5.74, 6) is 0. The summed E-state index contributed by atoms with van der Waals surface area (Å²) < 4.78 is 2.02. The number of nitrogens with one attached hydrogen (secondary N) is 1. The van der Waals surface area contributed by atoms with Crippen LogP contribution >= 0.6 is 11.6 Å². The van der Waals surface area contributed by atoms with E-state index in [0.29, 0.717) is 17.1 Å². The number of hydrogen-bond acceptors (Lipinski definition) is 3. The van der Waals surface area contributed by atoms with Crippen molar-refractivity contribution in [2.45, 2.75) is 32.9 Å². The molecule has 1 unspecified atom stereocenters. The van der Waals surface area contributed by atoms with Gasteiger partial charge in [-0.25, -0.2) is 0 Å². The van der Waals surface area contributed by atoms with Crippen molar-refractivity contribution in [1.29, 1.82) is 0 Å². The maximum absolute atomic E-state index is 11.6. The van der Waals surface area contributed by atoms with Gasteiger partial charge in [0.1, 0.15) is 0 Å². The number of aromatic amines is 1. The minimum atomic E-state index is -0.822. The third-order valence-corrected chi connectivity index (χ3v) is 4.60. The smallest absolute Gasteiger partial charge is 0.249 e. The third kappa shape index (κ3) is 2.55. The van der Waals surface area contributed by atoms with E-state index in [9.17, 15) is 9.90 Å². The van der Waals surface area contributed by atoms with Crippen LogP contribution in [-0.4, -0.2) is 32.5 Å². The highest BCUT2D eigenvalue weighted by Crippen LogP contribution is 2.35. The maximum Gasteiger partial charge on any atom is 0.249 e. The Morgan fingerprint density at radius 1 is 1.35 bits per heavy atom. The zero-order chi connectivity index (χ0) is 16.7. The zero-order valence-corrected chi connectivity index (χ0v) is 13.8. The van der Waals surface area contributed by atoms with E-state index in [0.717, 1.165) is 34.0 Å². The summed E-state index contributed by atoms with van der Waals surface area (Å²) in [6.45, 7) is 4.10. The number of pyridine rings is 1. The van der Waals surface area contributed by atoms with Crippen molar-refractivity contribution in [2.75, 3.05) is 6.61 Å². The Hall–Kier alpha value is -1.82. The van der Waals surface area contributed by atoms with Crippen LogP contribution in [0.4, 0.5) is 0 Å². The number of aryl methyl sites for hydroxylation is 1. The van der Waals surface area contributed by atoms with Gasteiger partial charge in [-0.15, -0.1) is 0 Å². The average Bonchev–Trinajstić information content (AvgIpc) is 2.78. The number of benzene rings is 1. The monoisotopic (exact) mass is 334 g/mol. The highest BCUT2D eigenvalue weighted by atomic mass is 35.5. The van der Waals surface area contributed by atoms with Gasteiger partial charge in [0.05, 0.1) is 29.8 Å². The first-order valence-corrected chi connectivity index (χ1v) is 7.97. The maximum atomic E-state index is 11.6. The molecule has 3 rings (SSSR count). The van der Waals surface area contributed by atoms with Gasteiger partial charge in [0.25, 0.3) is 0 Å². The lowest BCUT2D eigenvalue weighted by molar-refractivity contribution is 0.0816. The molecule has 1 atom stereocenters. The Bertz CT molecular complexity index is 943. The predicted octanol–water partition coefficient (Wildman–Crippen LogP) is 2.36. The number of aromatic nitrogens is 2. The minimum Gasteiger partial charge on any atom is -0.394 e. The Morgan fingerprint density at radius 2 is 2.09 bits per heavy atom. The molecule has 3 N–H and O–H groups in total. The van der Waals surface area contributed by atoms with E-state index in [4.69, 9.17) is 16.7 Å². The fourth-order valence-corrected chi connectivity index (χ4v) is 3.63. The van der Waals surface area contributed by atoms with E-state index < -0.39 is 6.10 Å². The molecule has 2 aromatic heterocycles. The molecule has 0 amide bonds. The van der Waals surface area contributed by atoms with Crippen molar-refractivity contribution >= 4 is 33.4 Å². The number of hydrogen-bond donors (Lipinski definition) is 3. The highest BCUT2D eigenvalue weighted by Gasteiger charge is 2.18. The molecule has 0 radical (unpaired) electrons. The first-order valence-electron chi connectivity index (χ1n) is 7.60. The van der Waals surface area contributed by atoms with Gasteiger partial charge in [0.2, 0.25) is 5.56 Å². The second-order valence-electron chi connectivity index (χ2n) is 5.74. The molecule has 0 saturated carbocycles. The van der Waals surface area contributed by atoms with Gasteiger partial charge in [-0.2, -0.15) is 0 Å². The van der Waals surface area contributed by atoms with Crippen LogP contribution in [0.1, 0.15) is 18.2 Å². The number of rotatable bonds is 4. The SMILES string of the molecule is CCc1c(C)c2c3c(Cl)cc(=O)[nH]c3ccc2n1CC(O)CO. The summed E-state index contributed by atoms with van der Waals surface area (Å²) in [5, 5.41) is 21.2. The molecule has 5 nitrogen and oxygen atoms in total. The molecule has 6 heteroatoms. The van der Waals surface area contributed by atoms with Crippen LogP contribution in [0, 0.1) is 6.92 Å². The second-order valence-corrected chi connectivity index (χ2v) is 6.14. The van der Waals surface area contributed by atoms with Crippen LogP contribution in [0.2, 0.25) is 5.02 Å². The summed E-state index contributed by atoms with van der Waals surface area (Å²) in [6.07, 6.45) is -0.0294. The van der Waals surface area contributed by atoms with Gasteiger partial charge in [0, 0.05) is 28.0 Å². The minimum absolute atomic E-state index is 0.231. The standard InChI is InChI=1S/C17H19ClN2O3/c1-3-13-9(2)16-14(20(13)7-10(22)8-21)5-4-12-17(16)11(18)6-15(23)19-12/h4-6,10,21-22H,3,7-8H2,1-2H3,(H,19,23). The summed E-state index contributed by atoms with van der Waals surface area (Å²) in [7, 11) is 0. The molecule has 1 aromatic carbocycles.